The summed E-state index contributed by atoms with van der Waals surface area (Å²) in [7, 11) is 2.96. The Balaban J connectivity index is 2.07. The Hall–Kier alpha value is -3.10. The molecule has 1 N–H and O–H groups in total. The van der Waals surface area contributed by atoms with Gasteiger partial charge in [0.05, 0.1) is 31.5 Å². The van der Waals surface area contributed by atoms with Gasteiger partial charge in [-0.1, -0.05) is 23.7 Å². The summed E-state index contributed by atoms with van der Waals surface area (Å²) in [6.07, 6.45) is 1.43. The van der Waals surface area contributed by atoms with Gasteiger partial charge in [0.2, 0.25) is 0 Å². The zero-order valence-electron chi connectivity index (χ0n) is 16.5. The van der Waals surface area contributed by atoms with E-state index in [4.69, 9.17) is 38.0 Å². The molecule has 0 radical (unpaired) electrons. The lowest BCUT2D eigenvalue weighted by atomic mass is 10.1. The van der Waals surface area contributed by atoms with Crippen molar-refractivity contribution >= 4 is 52.5 Å². The molecule has 0 atom stereocenters. The second kappa shape index (κ2) is 9.15. The van der Waals surface area contributed by atoms with Crippen molar-refractivity contribution in [2.24, 2.45) is 0 Å². The van der Waals surface area contributed by atoms with Gasteiger partial charge >= 0.3 is 0 Å². The van der Waals surface area contributed by atoms with Crippen LogP contribution in [0.5, 0.6) is 17.2 Å². The molecule has 0 unspecified atom stereocenters. The Morgan fingerprint density at radius 2 is 1.87 bits per heavy atom. The number of methoxy groups -OCH3 is 2. The van der Waals surface area contributed by atoms with E-state index in [9.17, 15) is 9.59 Å². The van der Waals surface area contributed by atoms with Gasteiger partial charge in [-0.15, -0.1) is 0 Å². The molecule has 156 valence electrons. The van der Waals surface area contributed by atoms with Gasteiger partial charge in [-0.3, -0.25) is 14.9 Å². The molecule has 0 bridgehead atoms. The maximum atomic E-state index is 13.2. The van der Waals surface area contributed by atoms with E-state index >= 15 is 0 Å². The molecule has 3 rings (SSSR count). The Kier molecular flexibility index (Phi) is 6.59. The van der Waals surface area contributed by atoms with Crippen molar-refractivity contribution in [2.75, 3.05) is 25.7 Å². The molecule has 1 heterocycles. The van der Waals surface area contributed by atoms with Crippen molar-refractivity contribution in [3.63, 3.8) is 0 Å². The summed E-state index contributed by atoms with van der Waals surface area (Å²) in [4.78, 5) is 27.0. The van der Waals surface area contributed by atoms with Crippen LogP contribution in [-0.2, 0) is 9.59 Å². The molecule has 0 saturated carbocycles. The van der Waals surface area contributed by atoms with Crippen LogP contribution in [0.4, 0.5) is 5.69 Å². The third-order valence-corrected chi connectivity index (χ3v) is 4.84. The molecule has 0 aromatic heterocycles. The smallest absolute Gasteiger partial charge is 0.270 e. The molecule has 1 saturated heterocycles. The number of nitrogens with one attached hydrogen (secondary N) is 1. The van der Waals surface area contributed by atoms with E-state index < -0.39 is 11.8 Å². The SMILES string of the molecule is CCOc1cc(/C=C2\C(=O)NC(=S)N(c3ccccc3OC)C2=O)cc(Cl)c1OC. The topological polar surface area (TPSA) is 77.1 Å². The second-order valence-corrected chi connectivity index (χ2v) is 6.89. The lowest BCUT2D eigenvalue weighted by molar-refractivity contribution is -0.122. The van der Waals surface area contributed by atoms with E-state index in [1.165, 1.54) is 25.2 Å². The Morgan fingerprint density at radius 3 is 2.53 bits per heavy atom. The number of anilines is 1. The van der Waals surface area contributed by atoms with Crippen LogP contribution in [0, 0.1) is 0 Å². The number of rotatable bonds is 6. The number of amides is 2. The number of halogens is 1. The fourth-order valence-electron chi connectivity index (χ4n) is 2.99. The summed E-state index contributed by atoms with van der Waals surface area (Å²) in [6, 6.07) is 10.1. The Bertz CT molecular complexity index is 1050. The molecule has 7 nitrogen and oxygen atoms in total. The van der Waals surface area contributed by atoms with E-state index in [2.05, 4.69) is 5.32 Å². The summed E-state index contributed by atoms with van der Waals surface area (Å²) < 4.78 is 16.2. The minimum atomic E-state index is -0.610. The normalized spacial score (nSPS) is 15.3. The molecule has 30 heavy (non-hydrogen) atoms. The molecule has 2 aromatic rings. The highest BCUT2D eigenvalue weighted by molar-refractivity contribution is 7.80. The number of hydrogen-bond donors (Lipinski definition) is 1. The van der Waals surface area contributed by atoms with Gasteiger partial charge in [-0.25, -0.2) is 4.90 Å². The van der Waals surface area contributed by atoms with Gasteiger partial charge in [-0.05, 0) is 55.0 Å². The average Bonchev–Trinajstić information content (AvgIpc) is 2.71. The molecule has 1 aliphatic rings. The summed E-state index contributed by atoms with van der Waals surface area (Å²) in [5, 5.41) is 2.80. The lowest BCUT2D eigenvalue weighted by Crippen LogP contribution is -2.54. The van der Waals surface area contributed by atoms with Crippen molar-refractivity contribution in [3.05, 3.63) is 52.6 Å². The number of hydrogen-bond acceptors (Lipinski definition) is 6. The fourth-order valence-corrected chi connectivity index (χ4v) is 3.56. The largest absolute Gasteiger partial charge is 0.495 e. The molecule has 2 amide bonds. The number of benzene rings is 2. The van der Waals surface area contributed by atoms with Crippen LogP contribution in [-0.4, -0.2) is 37.8 Å². The van der Waals surface area contributed by atoms with Gasteiger partial charge in [0, 0.05) is 0 Å². The maximum absolute atomic E-state index is 13.2. The molecule has 9 heteroatoms. The second-order valence-electron chi connectivity index (χ2n) is 6.10. The van der Waals surface area contributed by atoms with Crippen LogP contribution in [0.25, 0.3) is 6.08 Å². The van der Waals surface area contributed by atoms with Gasteiger partial charge in [0.25, 0.3) is 11.8 Å². The number of carbonyl (C=O) groups is 2. The highest BCUT2D eigenvalue weighted by Gasteiger charge is 2.35. The van der Waals surface area contributed by atoms with E-state index in [0.717, 1.165) is 0 Å². The maximum Gasteiger partial charge on any atom is 0.270 e. The van der Waals surface area contributed by atoms with Crippen LogP contribution < -0.4 is 24.4 Å². The minimum Gasteiger partial charge on any atom is -0.495 e. The highest BCUT2D eigenvalue weighted by Crippen LogP contribution is 2.37. The van der Waals surface area contributed by atoms with E-state index in [1.54, 1.807) is 36.4 Å². The lowest BCUT2D eigenvalue weighted by Gasteiger charge is -2.29. The molecule has 0 spiro atoms. The van der Waals surface area contributed by atoms with Crippen molar-refractivity contribution < 1.29 is 23.8 Å². The predicted molar refractivity (Wildman–Crippen MR) is 118 cm³/mol. The quantitative estimate of drug-likeness (QED) is 0.415. The molecule has 1 fully saturated rings. The van der Waals surface area contributed by atoms with Crippen LogP contribution in [0.15, 0.2) is 42.0 Å². The standard InChI is InChI=1S/C21H19ClN2O5S/c1-4-29-17-11-12(10-14(22)18(17)28-3)9-13-19(25)23-21(30)24(20(13)26)15-7-5-6-8-16(15)27-2/h5-11H,4H2,1-3H3,(H,23,25,30)/b13-9+. The molecular formula is C21H19ClN2O5S. The molecule has 0 aliphatic carbocycles. The third kappa shape index (κ3) is 4.10. The summed E-state index contributed by atoms with van der Waals surface area (Å²) in [5.41, 5.74) is 0.803. The van der Waals surface area contributed by atoms with E-state index in [1.807, 2.05) is 6.92 Å². The highest BCUT2D eigenvalue weighted by atomic mass is 35.5. The van der Waals surface area contributed by atoms with Crippen molar-refractivity contribution in [1.29, 1.82) is 0 Å². The van der Waals surface area contributed by atoms with Gasteiger partial charge in [0.15, 0.2) is 16.6 Å². The van der Waals surface area contributed by atoms with Crippen molar-refractivity contribution in [2.45, 2.75) is 6.92 Å². The van der Waals surface area contributed by atoms with E-state index in [-0.39, 0.29) is 15.7 Å². The van der Waals surface area contributed by atoms with Gasteiger partial charge < -0.3 is 14.2 Å². The minimum absolute atomic E-state index is 0.0329. The van der Waals surface area contributed by atoms with E-state index in [0.29, 0.717) is 35.1 Å². The van der Waals surface area contributed by atoms with Crippen molar-refractivity contribution in [3.8, 4) is 17.2 Å². The molecule has 1 aliphatic heterocycles. The third-order valence-electron chi connectivity index (χ3n) is 4.27. The zero-order chi connectivity index (χ0) is 21.8. The number of para-hydroxylation sites is 2. The van der Waals surface area contributed by atoms with Crippen LogP contribution >= 0.6 is 23.8 Å². The van der Waals surface area contributed by atoms with Gasteiger partial charge in [-0.2, -0.15) is 0 Å². The monoisotopic (exact) mass is 446 g/mol. The number of nitrogens with zero attached hydrogens (tertiary/aromatic N) is 1. The Morgan fingerprint density at radius 1 is 1.13 bits per heavy atom. The number of ether oxygens (including phenoxy) is 3. The molecular weight excluding hydrogens is 428 g/mol. The average molecular weight is 447 g/mol. The van der Waals surface area contributed by atoms with Crippen LogP contribution in [0.1, 0.15) is 12.5 Å². The first-order valence-electron chi connectivity index (χ1n) is 8.96. The first-order valence-corrected chi connectivity index (χ1v) is 9.74. The fraction of sp³-hybridized carbons (Fsp3) is 0.190. The number of thiocarbonyl (C=S) groups is 1. The van der Waals surface area contributed by atoms with Crippen molar-refractivity contribution in [1.82, 2.24) is 5.32 Å². The Labute approximate surface area is 184 Å². The van der Waals surface area contributed by atoms with Gasteiger partial charge in [0.1, 0.15) is 11.3 Å². The summed E-state index contributed by atoms with van der Waals surface area (Å²) in [5.74, 6) is 0.0195. The summed E-state index contributed by atoms with van der Waals surface area (Å²) >= 11 is 11.5. The first kappa shape index (κ1) is 21.6. The van der Waals surface area contributed by atoms with Crippen LogP contribution in [0.2, 0.25) is 5.02 Å². The van der Waals surface area contributed by atoms with Crippen LogP contribution in [0.3, 0.4) is 0 Å². The predicted octanol–water partition coefficient (Wildman–Crippen LogP) is 3.59. The first-order chi connectivity index (χ1) is 14.4. The summed E-state index contributed by atoms with van der Waals surface area (Å²) in [6.45, 7) is 2.21. The number of carbonyl (C=O) groups excluding carboxylic acids is 2. The zero-order valence-corrected chi connectivity index (χ0v) is 18.1. The molecule has 2 aromatic carbocycles.